The molecule has 0 spiro atoms. The van der Waals surface area contributed by atoms with Crippen molar-refractivity contribution in [3.8, 4) is 0 Å². The predicted molar refractivity (Wildman–Crippen MR) is 71.1 cm³/mol. The van der Waals surface area contributed by atoms with Gasteiger partial charge >= 0.3 is 0 Å². The predicted octanol–water partition coefficient (Wildman–Crippen LogP) is 2.89. The lowest BCUT2D eigenvalue weighted by Gasteiger charge is -2.18. The number of aromatic nitrogens is 2. The fourth-order valence-corrected chi connectivity index (χ4v) is 2.21. The minimum Gasteiger partial charge on any atom is -0.338 e. The van der Waals surface area contributed by atoms with Crippen LogP contribution in [0.1, 0.15) is 51.7 Å². The molecule has 1 heterocycles. The van der Waals surface area contributed by atoms with E-state index in [1.807, 2.05) is 0 Å². The monoisotopic (exact) mass is 251 g/mol. The maximum atomic E-state index is 5.34. The SMILES string of the molecule is CCCN(Cc1nc(CC(C)C)no1)CC1CC1. The summed E-state index contributed by atoms with van der Waals surface area (Å²) in [6.07, 6.45) is 4.87. The summed E-state index contributed by atoms with van der Waals surface area (Å²) in [6, 6.07) is 0. The largest absolute Gasteiger partial charge is 0.338 e. The molecule has 0 aliphatic heterocycles. The van der Waals surface area contributed by atoms with Crippen LogP contribution in [0.2, 0.25) is 0 Å². The highest BCUT2D eigenvalue weighted by Crippen LogP contribution is 2.30. The standard InChI is InChI=1S/C14H25N3O/c1-4-7-17(9-12-5-6-12)10-14-15-13(16-18-14)8-11(2)3/h11-12H,4-10H2,1-3H3. The zero-order chi connectivity index (χ0) is 13.0. The molecule has 1 fully saturated rings. The Bertz CT molecular complexity index is 358. The molecule has 0 unspecified atom stereocenters. The first-order chi connectivity index (χ1) is 8.67. The molecule has 102 valence electrons. The van der Waals surface area contributed by atoms with Crippen molar-refractivity contribution in [1.29, 1.82) is 0 Å². The van der Waals surface area contributed by atoms with Crippen LogP contribution in [0.4, 0.5) is 0 Å². The Morgan fingerprint density at radius 2 is 2.17 bits per heavy atom. The molecule has 1 aromatic rings. The van der Waals surface area contributed by atoms with E-state index in [0.717, 1.165) is 37.1 Å². The van der Waals surface area contributed by atoms with Crippen LogP contribution in [-0.4, -0.2) is 28.1 Å². The highest BCUT2D eigenvalue weighted by Gasteiger charge is 2.24. The molecule has 1 saturated carbocycles. The van der Waals surface area contributed by atoms with Crippen molar-refractivity contribution in [3.63, 3.8) is 0 Å². The molecule has 1 aliphatic carbocycles. The van der Waals surface area contributed by atoms with Gasteiger partial charge in [-0.05, 0) is 37.6 Å². The second-order valence-electron chi connectivity index (χ2n) is 5.88. The molecule has 0 atom stereocenters. The highest BCUT2D eigenvalue weighted by molar-refractivity contribution is 4.88. The maximum absolute atomic E-state index is 5.34. The van der Waals surface area contributed by atoms with Gasteiger partial charge in [-0.25, -0.2) is 0 Å². The summed E-state index contributed by atoms with van der Waals surface area (Å²) >= 11 is 0. The van der Waals surface area contributed by atoms with Gasteiger partial charge in [-0.15, -0.1) is 0 Å². The Morgan fingerprint density at radius 3 is 2.78 bits per heavy atom. The van der Waals surface area contributed by atoms with E-state index in [1.165, 1.54) is 25.8 Å². The quantitative estimate of drug-likeness (QED) is 0.712. The lowest BCUT2D eigenvalue weighted by Crippen LogP contribution is -2.26. The zero-order valence-corrected chi connectivity index (χ0v) is 11.9. The minimum atomic E-state index is 0.577. The summed E-state index contributed by atoms with van der Waals surface area (Å²) in [7, 11) is 0. The number of nitrogens with zero attached hydrogens (tertiary/aromatic N) is 3. The summed E-state index contributed by atoms with van der Waals surface area (Å²) in [4.78, 5) is 6.93. The van der Waals surface area contributed by atoms with Crippen LogP contribution in [-0.2, 0) is 13.0 Å². The Kier molecular flexibility index (Phi) is 4.75. The molecular formula is C14H25N3O. The van der Waals surface area contributed by atoms with Crippen molar-refractivity contribution in [2.24, 2.45) is 11.8 Å². The van der Waals surface area contributed by atoms with Crippen LogP contribution in [0.25, 0.3) is 0 Å². The maximum Gasteiger partial charge on any atom is 0.240 e. The molecule has 1 aromatic heterocycles. The van der Waals surface area contributed by atoms with Gasteiger partial charge in [0, 0.05) is 13.0 Å². The van der Waals surface area contributed by atoms with Crippen LogP contribution in [0.5, 0.6) is 0 Å². The van der Waals surface area contributed by atoms with Crippen molar-refractivity contribution in [2.75, 3.05) is 13.1 Å². The smallest absolute Gasteiger partial charge is 0.240 e. The molecule has 0 bridgehead atoms. The van der Waals surface area contributed by atoms with Crippen molar-refractivity contribution in [2.45, 2.75) is 53.0 Å². The molecule has 0 saturated heterocycles. The topological polar surface area (TPSA) is 42.2 Å². The summed E-state index contributed by atoms with van der Waals surface area (Å²) in [6.45, 7) is 9.69. The van der Waals surface area contributed by atoms with E-state index >= 15 is 0 Å². The van der Waals surface area contributed by atoms with E-state index in [-0.39, 0.29) is 0 Å². The first-order valence-electron chi connectivity index (χ1n) is 7.21. The highest BCUT2D eigenvalue weighted by atomic mass is 16.5. The average molecular weight is 251 g/mol. The Morgan fingerprint density at radius 1 is 1.39 bits per heavy atom. The van der Waals surface area contributed by atoms with Gasteiger partial charge in [0.1, 0.15) is 0 Å². The van der Waals surface area contributed by atoms with Crippen molar-refractivity contribution in [1.82, 2.24) is 15.0 Å². The molecule has 0 amide bonds. The third-order valence-corrected chi connectivity index (χ3v) is 3.21. The summed E-state index contributed by atoms with van der Waals surface area (Å²) in [5.74, 6) is 3.12. The molecule has 1 aliphatic rings. The van der Waals surface area contributed by atoms with Gasteiger partial charge < -0.3 is 4.52 Å². The fourth-order valence-electron chi connectivity index (χ4n) is 2.21. The second-order valence-corrected chi connectivity index (χ2v) is 5.88. The van der Waals surface area contributed by atoms with Crippen LogP contribution in [0.15, 0.2) is 4.52 Å². The third-order valence-electron chi connectivity index (χ3n) is 3.21. The molecule has 4 heteroatoms. The van der Waals surface area contributed by atoms with E-state index in [1.54, 1.807) is 0 Å². The van der Waals surface area contributed by atoms with Gasteiger partial charge in [0.2, 0.25) is 5.89 Å². The lowest BCUT2D eigenvalue weighted by molar-refractivity contribution is 0.218. The van der Waals surface area contributed by atoms with Crippen molar-refractivity contribution in [3.05, 3.63) is 11.7 Å². The van der Waals surface area contributed by atoms with Crippen molar-refractivity contribution >= 4 is 0 Å². The number of hydrogen-bond acceptors (Lipinski definition) is 4. The van der Waals surface area contributed by atoms with Gasteiger partial charge in [0.05, 0.1) is 6.54 Å². The van der Waals surface area contributed by atoms with Crippen molar-refractivity contribution < 1.29 is 4.52 Å². The normalized spacial score (nSPS) is 15.8. The van der Waals surface area contributed by atoms with Gasteiger partial charge in [-0.2, -0.15) is 4.98 Å². The summed E-state index contributed by atoms with van der Waals surface area (Å²) in [5.41, 5.74) is 0. The van der Waals surface area contributed by atoms with E-state index in [2.05, 4.69) is 35.8 Å². The van der Waals surface area contributed by atoms with E-state index in [4.69, 9.17) is 4.52 Å². The van der Waals surface area contributed by atoms with Crippen LogP contribution >= 0.6 is 0 Å². The summed E-state index contributed by atoms with van der Waals surface area (Å²) < 4.78 is 5.34. The van der Waals surface area contributed by atoms with Crippen LogP contribution in [0.3, 0.4) is 0 Å². The molecule has 18 heavy (non-hydrogen) atoms. The van der Waals surface area contributed by atoms with E-state index in [9.17, 15) is 0 Å². The van der Waals surface area contributed by atoms with Crippen LogP contribution < -0.4 is 0 Å². The molecule has 0 radical (unpaired) electrons. The first-order valence-corrected chi connectivity index (χ1v) is 7.21. The number of rotatable bonds is 8. The second kappa shape index (κ2) is 6.32. The molecule has 0 N–H and O–H groups in total. The molecule has 2 rings (SSSR count). The summed E-state index contributed by atoms with van der Waals surface area (Å²) in [5, 5.41) is 4.05. The Balaban J connectivity index is 1.86. The third kappa shape index (κ3) is 4.41. The average Bonchev–Trinajstić information content (AvgIpc) is 2.99. The molecule has 4 nitrogen and oxygen atoms in total. The first kappa shape index (κ1) is 13.5. The van der Waals surface area contributed by atoms with Crippen LogP contribution in [0, 0.1) is 11.8 Å². The van der Waals surface area contributed by atoms with E-state index in [0.29, 0.717) is 5.92 Å². The fraction of sp³-hybridized carbons (Fsp3) is 0.857. The lowest BCUT2D eigenvalue weighted by atomic mass is 10.1. The number of hydrogen-bond donors (Lipinski definition) is 0. The Hall–Kier alpha value is -0.900. The van der Waals surface area contributed by atoms with Gasteiger partial charge in [0.15, 0.2) is 5.82 Å². The molecule has 0 aromatic carbocycles. The minimum absolute atomic E-state index is 0.577. The molecular weight excluding hydrogens is 226 g/mol. The van der Waals surface area contributed by atoms with Gasteiger partial charge in [0.25, 0.3) is 0 Å². The Labute approximate surface area is 110 Å². The zero-order valence-electron chi connectivity index (χ0n) is 11.9. The van der Waals surface area contributed by atoms with Gasteiger partial charge in [-0.1, -0.05) is 25.9 Å². The van der Waals surface area contributed by atoms with E-state index < -0.39 is 0 Å². The van der Waals surface area contributed by atoms with Gasteiger partial charge in [-0.3, -0.25) is 4.90 Å².